The zero-order valence-electron chi connectivity index (χ0n) is 37.4. The molecule has 0 aliphatic carbocycles. The number of benzene rings is 11. The normalized spacial score (nSPS) is 11.5. The fraction of sp³-hybridized carbons (Fsp3) is 0. The Bertz CT molecular complexity index is 3960. The molecule has 322 valence electrons. The summed E-state index contributed by atoms with van der Waals surface area (Å²) >= 11 is 1.88. The molecule has 0 radical (unpaired) electrons. The smallest absolute Gasteiger partial charge is 0.164 e. The molecule has 0 fully saturated rings. The molecule has 0 N–H and O–H groups in total. The first-order chi connectivity index (χ1) is 34.2. The Balaban J connectivity index is 0.910. The van der Waals surface area contributed by atoms with Crippen LogP contribution in [-0.4, -0.2) is 15.0 Å². The van der Waals surface area contributed by atoms with Crippen LogP contribution in [0, 0.1) is 0 Å². The topological polar surface area (TPSA) is 38.7 Å². The van der Waals surface area contributed by atoms with Crippen LogP contribution >= 0.6 is 11.3 Å². The Morgan fingerprint density at radius 2 is 0.565 bits per heavy atom. The molecule has 3 nitrogen and oxygen atoms in total. The van der Waals surface area contributed by atoms with E-state index >= 15 is 0 Å². The largest absolute Gasteiger partial charge is 0.208 e. The van der Waals surface area contributed by atoms with Gasteiger partial charge in [-0.15, -0.1) is 11.3 Å². The van der Waals surface area contributed by atoms with E-state index in [4.69, 9.17) is 15.0 Å². The lowest BCUT2D eigenvalue weighted by molar-refractivity contribution is 1.07. The first kappa shape index (κ1) is 40.4. The van der Waals surface area contributed by atoms with Crippen molar-refractivity contribution in [2.45, 2.75) is 0 Å². The van der Waals surface area contributed by atoms with E-state index in [-0.39, 0.29) is 0 Å². The van der Waals surface area contributed by atoms with E-state index < -0.39 is 0 Å². The summed E-state index contributed by atoms with van der Waals surface area (Å²) in [7, 11) is 0. The maximum atomic E-state index is 5.24. The van der Waals surface area contributed by atoms with Crippen molar-refractivity contribution >= 4 is 53.1 Å². The molecule has 0 aliphatic heterocycles. The van der Waals surface area contributed by atoms with E-state index in [9.17, 15) is 0 Å². The van der Waals surface area contributed by atoms with Gasteiger partial charge in [-0.05, 0) is 77.7 Å². The molecule has 2 heterocycles. The van der Waals surface area contributed by atoms with Crippen LogP contribution in [0.4, 0.5) is 0 Å². The Labute approximate surface area is 404 Å². The molecule has 13 rings (SSSR count). The summed E-state index contributed by atoms with van der Waals surface area (Å²) in [4.78, 5) is 15.7. The number of thiophene rings is 1. The molecule has 0 bridgehead atoms. The molecule has 2 aromatic heterocycles. The summed E-state index contributed by atoms with van der Waals surface area (Å²) in [5.74, 6) is 1.87. The first-order valence-electron chi connectivity index (χ1n) is 23.3. The molecule has 11 aromatic carbocycles. The third kappa shape index (κ3) is 7.18. The molecule has 4 heteroatoms. The van der Waals surface area contributed by atoms with Crippen LogP contribution in [-0.2, 0) is 0 Å². The Morgan fingerprint density at radius 1 is 0.203 bits per heavy atom. The van der Waals surface area contributed by atoms with E-state index in [1.165, 1.54) is 69.5 Å². The van der Waals surface area contributed by atoms with Gasteiger partial charge in [-0.3, -0.25) is 0 Å². The minimum Gasteiger partial charge on any atom is -0.208 e. The second-order valence-corrected chi connectivity index (χ2v) is 18.5. The molecule has 0 saturated heterocycles. The van der Waals surface area contributed by atoms with Gasteiger partial charge >= 0.3 is 0 Å². The molecule has 0 saturated carbocycles. The van der Waals surface area contributed by atoms with Gasteiger partial charge in [-0.2, -0.15) is 0 Å². The van der Waals surface area contributed by atoms with Crippen molar-refractivity contribution in [1.29, 1.82) is 0 Å². The van der Waals surface area contributed by atoms with Gasteiger partial charge in [0.05, 0.1) is 0 Å². The van der Waals surface area contributed by atoms with E-state index in [0.29, 0.717) is 17.5 Å². The van der Waals surface area contributed by atoms with Gasteiger partial charge in [0.2, 0.25) is 0 Å². The van der Waals surface area contributed by atoms with Crippen molar-refractivity contribution in [2.75, 3.05) is 0 Å². The summed E-state index contributed by atoms with van der Waals surface area (Å²) in [6.07, 6.45) is 0. The number of nitrogens with zero attached hydrogens (tertiary/aromatic N) is 3. The number of rotatable bonds is 8. The van der Waals surface area contributed by atoms with Gasteiger partial charge < -0.3 is 0 Å². The van der Waals surface area contributed by atoms with Crippen molar-refractivity contribution in [3.63, 3.8) is 0 Å². The highest BCUT2D eigenvalue weighted by Crippen LogP contribution is 2.45. The van der Waals surface area contributed by atoms with Crippen molar-refractivity contribution in [1.82, 2.24) is 15.0 Å². The summed E-state index contributed by atoms with van der Waals surface area (Å²) < 4.78 is 2.65. The molecular formula is C65H41N3S. The standard InChI is InChI=1S/C65H41N3S/c1-3-18-42(19-4-1)46-22-7-13-29-59(46)64-66-63(67-65(68-64)60-30-14-8-23-47(60)43-20-5-2-6-21-43)45-36-34-44(35-37-45)48-38-39-53(50-25-10-9-24-49(48)50)54-40-41-55(52-27-12-11-26-51(52)54)57-31-17-32-58-56-28-15-16-33-61(56)69-62(57)58/h1-41H. The predicted octanol–water partition coefficient (Wildman–Crippen LogP) is 17.9. The lowest BCUT2D eigenvalue weighted by Gasteiger charge is -2.16. The van der Waals surface area contributed by atoms with E-state index in [2.05, 4.69) is 237 Å². The molecule has 0 aliphatic rings. The lowest BCUT2D eigenvalue weighted by Crippen LogP contribution is -2.02. The molecule has 13 aromatic rings. The lowest BCUT2D eigenvalue weighted by atomic mass is 9.88. The quantitative estimate of drug-likeness (QED) is 0.153. The SMILES string of the molecule is c1ccc(-c2ccccc2-c2nc(-c3ccc(-c4ccc(-c5ccc(-c6cccc7c6sc6ccccc67)c6ccccc56)c5ccccc45)cc3)nc(-c3ccccc3-c3ccccc3)n2)cc1. The second kappa shape index (κ2) is 17.1. The van der Waals surface area contributed by atoms with Gasteiger partial charge in [-0.25, -0.2) is 15.0 Å². The highest BCUT2D eigenvalue weighted by Gasteiger charge is 2.20. The minimum absolute atomic E-state index is 0.617. The van der Waals surface area contributed by atoms with Crippen molar-refractivity contribution in [3.8, 4) is 89.8 Å². The Kier molecular flexibility index (Phi) is 10.0. The van der Waals surface area contributed by atoms with Crippen LogP contribution in [0.5, 0.6) is 0 Å². The highest BCUT2D eigenvalue weighted by molar-refractivity contribution is 7.26. The van der Waals surface area contributed by atoms with Crippen LogP contribution in [0.15, 0.2) is 249 Å². The van der Waals surface area contributed by atoms with Gasteiger partial charge in [0.25, 0.3) is 0 Å². The fourth-order valence-electron chi connectivity index (χ4n) is 10.2. The van der Waals surface area contributed by atoms with E-state index in [0.717, 1.165) is 44.5 Å². The number of hydrogen-bond donors (Lipinski definition) is 0. The maximum absolute atomic E-state index is 5.24. The summed E-state index contributed by atoms with van der Waals surface area (Å²) in [6.45, 7) is 0. The molecule has 0 amide bonds. The monoisotopic (exact) mass is 895 g/mol. The molecular weight excluding hydrogens is 855 g/mol. The number of fused-ring (bicyclic) bond motifs is 5. The van der Waals surface area contributed by atoms with Crippen LogP contribution in [0.3, 0.4) is 0 Å². The second-order valence-electron chi connectivity index (χ2n) is 17.4. The third-order valence-corrected chi connectivity index (χ3v) is 14.6. The van der Waals surface area contributed by atoms with Crippen LogP contribution < -0.4 is 0 Å². The average molecular weight is 896 g/mol. The summed E-state index contributed by atoms with van der Waals surface area (Å²) in [6, 6.07) is 88.8. The first-order valence-corrected chi connectivity index (χ1v) is 24.2. The zero-order valence-corrected chi connectivity index (χ0v) is 38.2. The Hall–Kier alpha value is -8.83. The van der Waals surface area contributed by atoms with Gasteiger partial charge in [0.1, 0.15) is 0 Å². The van der Waals surface area contributed by atoms with Gasteiger partial charge in [0.15, 0.2) is 17.5 Å². The third-order valence-electron chi connectivity index (χ3n) is 13.4. The van der Waals surface area contributed by atoms with Gasteiger partial charge in [-0.1, -0.05) is 243 Å². The highest BCUT2D eigenvalue weighted by atomic mass is 32.1. The van der Waals surface area contributed by atoms with Crippen LogP contribution in [0.1, 0.15) is 0 Å². The van der Waals surface area contributed by atoms with Crippen molar-refractivity contribution < 1.29 is 0 Å². The van der Waals surface area contributed by atoms with E-state index in [1.807, 2.05) is 23.5 Å². The van der Waals surface area contributed by atoms with Crippen molar-refractivity contribution in [3.05, 3.63) is 249 Å². The van der Waals surface area contributed by atoms with Crippen LogP contribution in [0.25, 0.3) is 132 Å². The molecule has 0 spiro atoms. The Morgan fingerprint density at radius 3 is 1.12 bits per heavy atom. The molecule has 0 unspecified atom stereocenters. The van der Waals surface area contributed by atoms with Crippen LogP contribution in [0.2, 0.25) is 0 Å². The van der Waals surface area contributed by atoms with E-state index in [1.54, 1.807) is 0 Å². The summed E-state index contributed by atoms with van der Waals surface area (Å²) in [5, 5.41) is 7.53. The minimum atomic E-state index is 0.617. The number of aromatic nitrogens is 3. The fourth-order valence-corrected chi connectivity index (χ4v) is 11.4. The predicted molar refractivity (Wildman–Crippen MR) is 291 cm³/mol. The molecule has 0 atom stereocenters. The van der Waals surface area contributed by atoms with Gasteiger partial charge in [0, 0.05) is 42.4 Å². The average Bonchev–Trinajstić information content (AvgIpc) is 3.82. The maximum Gasteiger partial charge on any atom is 0.164 e. The molecule has 69 heavy (non-hydrogen) atoms. The zero-order chi connectivity index (χ0) is 45.7. The summed E-state index contributed by atoms with van der Waals surface area (Å²) in [5.41, 5.74) is 14.4. The number of hydrogen-bond acceptors (Lipinski definition) is 4. The van der Waals surface area contributed by atoms with Crippen molar-refractivity contribution in [2.24, 2.45) is 0 Å².